The summed E-state index contributed by atoms with van der Waals surface area (Å²) in [5.41, 5.74) is 0.524. The molecular formula is C21H26N4O3. The number of aliphatic carboxylic acids is 1. The Morgan fingerprint density at radius 1 is 1.25 bits per heavy atom. The van der Waals surface area contributed by atoms with E-state index in [0.717, 1.165) is 26.1 Å². The van der Waals surface area contributed by atoms with Gasteiger partial charge in [0.25, 0.3) is 5.91 Å². The van der Waals surface area contributed by atoms with Crippen molar-refractivity contribution in [2.24, 2.45) is 0 Å². The van der Waals surface area contributed by atoms with Crippen molar-refractivity contribution in [1.82, 2.24) is 19.4 Å². The van der Waals surface area contributed by atoms with Crippen molar-refractivity contribution >= 4 is 11.9 Å². The molecule has 1 aromatic carbocycles. The highest BCUT2D eigenvalue weighted by Crippen LogP contribution is 2.47. The first kappa shape index (κ1) is 18.7. The van der Waals surface area contributed by atoms with Crippen LogP contribution in [0.3, 0.4) is 0 Å². The minimum absolute atomic E-state index is 0.0386. The number of hydrogen-bond acceptors (Lipinski definition) is 4. The van der Waals surface area contributed by atoms with Crippen LogP contribution in [0, 0.1) is 0 Å². The quantitative estimate of drug-likeness (QED) is 0.856. The Labute approximate surface area is 164 Å². The summed E-state index contributed by atoms with van der Waals surface area (Å²) >= 11 is 0. The first-order valence-electron chi connectivity index (χ1n) is 9.81. The second kappa shape index (κ2) is 7.39. The summed E-state index contributed by atoms with van der Waals surface area (Å²) in [7, 11) is 2.05. The molecule has 1 fully saturated rings. The fourth-order valence-corrected chi connectivity index (χ4v) is 4.82. The molecular weight excluding hydrogens is 356 g/mol. The lowest BCUT2D eigenvalue weighted by Crippen LogP contribution is -2.64. The number of aryl methyl sites for hydroxylation is 1. The van der Waals surface area contributed by atoms with Gasteiger partial charge in [0.2, 0.25) is 0 Å². The maximum atomic E-state index is 13.4. The molecule has 1 unspecified atom stereocenters. The highest BCUT2D eigenvalue weighted by Gasteiger charge is 2.55. The van der Waals surface area contributed by atoms with E-state index in [1.807, 2.05) is 40.9 Å². The molecule has 4 rings (SSSR count). The van der Waals surface area contributed by atoms with Crippen molar-refractivity contribution < 1.29 is 14.7 Å². The maximum absolute atomic E-state index is 13.4. The minimum atomic E-state index is -0.843. The lowest BCUT2D eigenvalue weighted by Gasteiger charge is -2.54. The monoisotopic (exact) mass is 382 g/mol. The minimum Gasteiger partial charge on any atom is -0.481 e. The third-order valence-corrected chi connectivity index (χ3v) is 6.28. The zero-order chi connectivity index (χ0) is 19.7. The number of imidazole rings is 1. The number of aromatic nitrogens is 2. The van der Waals surface area contributed by atoms with Gasteiger partial charge in [0, 0.05) is 44.1 Å². The van der Waals surface area contributed by atoms with E-state index in [1.165, 1.54) is 0 Å². The van der Waals surface area contributed by atoms with Gasteiger partial charge in [0.1, 0.15) is 5.92 Å². The van der Waals surface area contributed by atoms with Crippen LogP contribution in [0.25, 0.3) is 0 Å². The number of rotatable bonds is 5. The molecule has 0 radical (unpaired) electrons. The Balaban J connectivity index is 1.70. The van der Waals surface area contributed by atoms with Crippen LogP contribution in [0.1, 0.15) is 41.1 Å². The van der Waals surface area contributed by atoms with Crippen LogP contribution in [-0.2, 0) is 11.3 Å². The van der Waals surface area contributed by atoms with Crippen molar-refractivity contribution in [1.29, 1.82) is 0 Å². The van der Waals surface area contributed by atoms with Crippen molar-refractivity contribution in [2.45, 2.75) is 37.3 Å². The Morgan fingerprint density at radius 2 is 2.00 bits per heavy atom. The average Bonchev–Trinajstić information content (AvgIpc) is 3.20. The van der Waals surface area contributed by atoms with E-state index in [0.29, 0.717) is 30.5 Å². The van der Waals surface area contributed by atoms with Crippen LogP contribution < -0.4 is 0 Å². The number of carbonyl (C=O) groups excluding carboxylic acids is 1. The van der Waals surface area contributed by atoms with Crippen molar-refractivity contribution in [3.63, 3.8) is 0 Å². The number of carboxylic acids is 1. The Morgan fingerprint density at radius 3 is 2.68 bits per heavy atom. The molecule has 3 heterocycles. The van der Waals surface area contributed by atoms with Gasteiger partial charge in [-0.3, -0.25) is 9.59 Å². The molecule has 7 nitrogen and oxygen atoms in total. The molecule has 1 saturated heterocycles. The molecule has 7 heteroatoms. The molecule has 1 aromatic heterocycles. The molecule has 1 spiro atoms. The van der Waals surface area contributed by atoms with E-state index in [2.05, 4.69) is 9.88 Å². The number of amides is 1. The largest absolute Gasteiger partial charge is 0.481 e. The fourth-order valence-electron chi connectivity index (χ4n) is 4.82. The predicted octanol–water partition coefficient (Wildman–Crippen LogP) is 2.06. The molecule has 2 aliphatic heterocycles. The highest BCUT2D eigenvalue weighted by molar-refractivity contribution is 6.01. The molecule has 148 valence electrons. The van der Waals surface area contributed by atoms with Gasteiger partial charge in [0.15, 0.2) is 0 Å². The number of benzene rings is 1. The first-order valence-corrected chi connectivity index (χ1v) is 9.81. The van der Waals surface area contributed by atoms with Gasteiger partial charge in [-0.2, -0.15) is 0 Å². The molecule has 0 aliphatic carbocycles. The van der Waals surface area contributed by atoms with Crippen LogP contribution in [0.2, 0.25) is 0 Å². The molecule has 2 aromatic rings. The van der Waals surface area contributed by atoms with Gasteiger partial charge < -0.3 is 19.5 Å². The number of nitrogens with zero attached hydrogens (tertiary/aromatic N) is 4. The third-order valence-electron chi connectivity index (χ3n) is 6.28. The fraction of sp³-hybridized carbons (Fsp3) is 0.476. The predicted molar refractivity (Wildman–Crippen MR) is 104 cm³/mol. The lowest BCUT2D eigenvalue weighted by molar-refractivity contribution is -0.144. The average molecular weight is 382 g/mol. The highest BCUT2D eigenvalue weighted by atomic mass is 16.4. The summed E-state index contributed by atoms with van der Waals surface area (Å²) < 4.78 is 1.98. The van der Waals surface area contributed by atoms with E-state index in [9.17, 15) is 14.7 Å². The van der Waals surface area contributed by atoms with Crippen molar-refractivity contribution in [3.8, 4) is 0 Å². The summed E-state index contributed by atoms with van der Waals surface area (Å²) in [5.74, 6) is -1.57. The number of carboxylic acid groups (broad SMARTS) is 1. The number of fused-ring (bicyclic) bond motifs is 1. The third kappa shape index (κ3) is 3.09. The molecule has 1 atom stereocenters. The van der Waals surface area contributed by atoms with Crippen molar-refractivity contribution in [2.75, 3.05) is 26.7 Å². The van der Waals surface area contributed by atoms with Gasteiger partial charge in [-0.25, -0.2) is 4.98 Å². The van der Waals surface area contributed by atoms with E-state index < -0.39 is 17.4 Å². The number of piperidine rings is 1. The molecule has 0 bridgehead atoms. The second-order valence-electron chi connectivity index (χ2n) is 7.88. The number of carbonyl (C=O) groups is 2. The van der Waals surface area contributed by atoms with Gasteiger partial charge in [-0.05, 0) is 37.9 Å². The smallest absolute Gasteiger partial charge is 0.313 e. The van der Waals surface area contributed by atoms with E-state index in [-0.39, 0.29) is 5.91 Å². The normalized spacial score (nSPS) is 21.7. The lowest BCUT2D eigenvalue weighted by atomic mass is 9.67. The summed E-state index contributed by atoms with van der Waals surface area (Å²) in [6.45, 7) is 2.87. The molecule has 2 aliphatic rings. The Kier molecular flexibility index (Phi) is 4.93. The van der Waals surface area contributed by atoms with E-state index in [4.69, 9.17) is 0 Å². The second-order valence-corrected chi connectivity index (χ2v) is 7.88. The number of likely N-dealkylation sites (tertiary alicyclic amines) is 1. The summed E-state index contributed by atoms with van der Waals surface area (Å²) in [4.78, 5) is 34.0. The van der Waals surface area contributed by atoms with Gasteiger partial charge in [-0.1, -0.05) is 18.2 Å². The van der Waals surface area contributed by atoms with Gasteiger partial charge in [0.05, 0.1) is 11.9 Å². The van der Waals surface area contributed by atoms with Crippen LogP contribution in [0.5, 0.6) is 0 Å². The van der Waals surface area contributed by atoms with Crippen LogP contribution >= 0.6 is 0 Å². The summed E-state index contributed by atoms with van der Waals surface area (Å²) in [6, 6.07) is 7.22. The summed E-state index contributed by atoms with van der Waals surface area (Å²) in [6.07, 6.45) is 7.50. The standard InChI is InChI=1S/C21H26N4O3/c1-23-12-7-21(8-13-23)18(20(27)28)16-5-2-3-6-17(16)19(26)25(21)11-4-10-24-14-9-22-15-24/h2-3,5-6,9,14-15,18H,4,7-8,10-13H2,1H3,(H,27,28). The van der Waals surface area contributed by atoms with Crippen LogP contribution in [-0.4, -0.2) is 68.6 Å². The molecule has 28 heavy (non-hydrogen) atoms. The van der Waals surface area contributed by atoms with Gasteiger partial charge >= 0.3 is 5.97 Å². The Bertz CT molecular complexity index is 856. The van der Waals surface area contributed by atoms with Crippen LogP contribution in [0.15, 0.2) is 43.0 Å². The van der Waals surface area contributed by atoms with E-state index in [1.54, 1.807) is 18.6 Å². The zero-order valence-corrected chi connectivity index (χ0v) is 16.1. The summed E-state index contributed by atoms with van der Waals surface area (Å²) in [5, 5.41) is 10.2. The molecule has 1 N–H and O–H groups in total. The SMILES string of the molecule is CN1CCC2(CC1)C(C(=O)O)c1ccccc1C(=O)N2CCCn1ccnc1. The Hall–Kier alpha value is -2.67. The molecule has 1 amide bonds. The van der Waals surface area contributed by atoms with Crippen molar-refractivity contribution in [3.05, 3.63) is 54.1 Å². The zero-order valence-electron chi connectivity index (χ0n) is 16.1. The maximum Gasteiger partial charge on any atom is 0.313 e. The van der Waals surface area contributed by atoms with Crippen LogP contribution in [0.4, 0.5) is 0 Å². The van der Waals surface area contributed by atoms with E-state index >= 15 is 0 Å². The molecule has 0 saturated carbocycles. The topological polar surface area (TPSA) is 78.7 Å². The first-order chi connectivity index (χ1) is 13.5. The number of hydrogen-bond donors (Lipinski definition) is 1. The van der Waals surface area contributed by atoms with Gasteiger partial charge in [-0.15, -0.1) is 0 Å².